The first-order valence-corrected chi connectivity index (χ1v) is 3.90. The summed E-state index contributed by atoms with van der Waals surface area (Å²) < 4.78 is 0. The largest absolute Gasteiger partial charge is 0.477 e. The number of hydrogen-bond acceptors (Lipinski definition) is 3. The van der Waals surface area contributed by atoms with Crippen molar-refractivity contribution in [3.63, 3.8) is 0 Å². The minimum atomic E-state index is -0.991. The number of aromatic nitrogens is 1. The van der Waals surface area contributed by atoms with Crippen LogP contribution in [0.1, 0.15) is 21.7 Å². The first-order valence-electron chi connectivity index (χ1n) is 3.90. The number of nitrogens with zero attached hydrogens (tertiary/aromatic N) is 1. The van der Waals surface area contributed by atoms with E-state index in [-0.39, 0.29) is 5.69 Å². The summed E-state index contributed by atoms with van der Waals surface area (Å²) in [6, 6.07) is 3.30. The highest BCUT2D eigenvalue weighted by Gasteiger charge is 2.09. The molecule has 0 aromatic carbocycles. The van der Waals surface area contributed by atoms with Crippen molar-refractivity contribution in [2.75, 3.05) is 0 Å². The van der Waals surface area contributed by atoms with Crippen molar-refractivity contribution >= 4 is 12.0 Å². The molecule has 2 heterocycles. The normalized spacial score (nSPS) is 13.2. The maximum atomic E-state index is 10.6. The van der Waals surface area contributed by atoms with Gasteiger partial charge in [-0.05, 0) is 23.9 Å². The Kier molecular flexibility index (Phi) is 1.73. The van der Waals surface area contributed by atoms with Crippen LogP contribution in [0.15, 0.2) is 18.3 Å². The Morgan fingerprint density at radius 1 is 1.54 bits per heavy atom. The van der Waals surface area contributed by atoms with Gasteiger partial charge in [-0.1, -0.05) is 6.07 Å². The standard InChI is InChI=1S/C9H8N2O2/c12-9(13)8-2-1-6-5-10-4-3-7(6)11-8/h1-4,10H,5H2,(H,12,13). The third-order valence-corrected chi connectivity index (χ3v) is 1.88. The molecule has 66 valence electrons. The van der Waals surface area contributed by atoms with Crippen LogP contribution in [-0.2, 0) is 6.54 Å². The highest BCUT2D eigenvalue weighted by atomic mass is 16.4. The van der Waals surface area contributed by atoms with Crippen LogP contribution < -0.4 is 5.32 Å². The summed E-state index contributed by atoms with van der Waals surface area (Å²) in [7, 11) is 0. The number of pyridine rings is 1. The van der Waals surface area contributed by atoms with Crippen molar-refractivity contribution in [2.45, 2.75) is 6.54 Å². The van der Waals surface area contributed by atoms with Crippen LogP contribution >= 0.6 is 0 Å². The Morgan fingerprint density at radius 2 is 2.38 bits per heavy atom. The lowest BCUT2D eigenvalue weighted by atomic mass is 10.1. The fourth-order valence-electron chi connectivity index (χ4n) is 1.22. The predicted octanol–water partition coefficient (Wildman–Crippen LogP) is 0.854. The van der Waals surface area contributed by atoms with Crippen molar-refractivity contribution in [3.05, 3.63) is 35.3 Å². The first-order chi connectivity index (χ1) is 6.27. The molecule has 0 saturated carbocycles. The summed E-state index contributed by atoms with van der Waals surface area (Å²) in [6.07, 6.45) is 3.53. The van der Waals surface area contributed by atoms with Crippen molar-refractivity contribution in [1.82, 2.24) is 10.3 Å². The summed E-state index contributed by atoms with van der Waals surface area (Å²) in [6.45, 7) is 0.707. The molecule has 4 heteroatoms. The van der Waals surface area contributed by atoms with Crippen LogP contribution in [-0.4, -0.2) is 16.1 Å². The monoisotopic (exact) mass is 176 g/mol. The van der Waals surface area contributed by atoms with E-state index in [1.165, 1.54) is 6.07 Å². The molecule has 2 rings (SSSR count). The Balaban J connectivity index is 2.48. The van der Waals surface area contributed by atoms with Gasteiger partial charge >= 0.3 is 5.97 Å². The van der Waals surface area contributed by atoms with Crippen LogP contribution in [0.2, 0.25) is 0 Å². The molecule has 1 aliphatic rings. The second kappa shape index (κ2) is 2.90. The molecule has 1 aromatic heterocycles. The van der Waals surface area contributed by atoms with Gasteiger partial charge in [0.2, 0.25) is 0 Å². The average Bonchev–Trinajstić information content (AvgIpc) is 2.17. The van der Waals surface area contributed by atoms with Crippen LogP contribution in [0.5, 0.6) is 0 Å². The van der Waals surface area contributed by atoms with Gasteiger partial charge in [-0.2, -0.15) is 0 Å². The summed E-state index contributed by atoms with van der Waals surface area (Å²) in [5.74, 6) is -0.991. The molecule has 1 aromatic rings. The predicted molar refractivity (Wildman–Crippen MR) is 47.1 cm³/mol. The van der Waals surface area contributed by atoms with Crippen molar-refractivity contribution in [2.24, 2.45) is 0 Å². The highest BCUT2D eigenvalue weighted by Crippen LogP contribution is 2.12. The topological polar surface area (TPSA) is 62.2 Å². The van der Waals surface area contributed by atoms with Crippen LogP contribution in [0.3, 0.4) is 0 Å². The van der Waals surface area contributed by atoms with E-state index in [1.807, 2.05) is 0 Å². The molecular formula is C9H8N2O2. The van der Waals surface area contributed by atoms with Gasteiger partial charge in [-0.3, -0.25) is 0 Å². The lowest BCUT2D eigenvalue weighted by Gasteiger charge is -2.10. The Labute approximate surface area is 74.9 Å². The van der Waals surface area contributed by atoms with Gasteiger partial charge in [0.15, 0.2) is 0 Å². The zero-order valence-corrected chi connectivity index (χ0v) is 6.82. The first kappa shape index (κ1) is 7.79. The van der Waals surface area contributed by atoms with E-state index < -0.39 is 5.97 Å². The van der Waals surface area contributed by atoms with E-state index in [0.29, 0.717) is 6.54 Å². The number of hydrogen-bond donors (Lipinski definition) is 2. The second-order valence-corrected chi connectivity index (χ2v) is 2.76. The van der Waals surface area contributed by atoms with Gasteiger partial charge in [0.25, 0.3) is 0 Å². The molecule has 4 nitrogen and oxygen atoms in total. The van der Waals surface area contributed by atoms with Crippen LogP contribution in [0, 0.1) is 0 Å². The number of carboxylic acids is 1. The molecule has 2 N–H and O–H groups in total. The number of nitrogens with one attached hydrogen (secondary N) is 1. The van der Waals surface area contributed by atoms with Crippen molar-refractivity contribution < 1.29 is 9.90 Å². The van der Waals surface area contributed by atoms with Crippen molar-refractivity contribution in [1.29, 1.82) is 0 Å². The molecule has 13 heavy (non-hydrogen) atoms. The Morgan fingerprint density at radius 3 is 3.15 bits per heavy atom. The van der Waals surface area contributed by atoms with E-state index in [1.54, 1.807) is 18.3 Å². The molecule has 0 amide bonds. The molecule has 0 fully saturated rings. The molecule has 0 aliphatic carbocycles. The number of carbonyl (C=O) groups is 1. The average molecular weight is 176 g/mol. The summed E-state index contributed by atoms with van der Waals surface area (Å²) in [5, 5.41) is 11.7. The Hall–Kier alpha value is -1.84. The number of rotatable bonds is 1. The molecule has 0 radical (unpaired) electrons. The molecule has 0 bridgehead atoms. The van der Waals surface area contributed by atoms with Crippen LogP contribution in [0.4, 0.5) is 0 Å². The fraction of sp³-hybridized carbons (Fsp3) is 0.111. The summed E-state index contributed by atoms with van der Waals surface area (Å²) >= 11 is 0. The molecule has 1 aliphatic heterocycles. The van der Waals surface area contributed by atoms with Crippen molar-refractivity contribution in [3.8, 4) is 0 Å². The van der Waals surface area contributed by atoms with E-state index >= 15 is 0 Å². The molecule has 0 atom stereocenters. The van der Waals surface area contributed by atoms with Gasteiger partial charge in [0.05, 0.1) is 5.69 Å². The van der Waals surface area contributed by atoms with Gasteiger partial charge in [0, 0.05) is 6.54 Å². The van der Waals surface area contributed by atoms with Gasteiger partial charge < -0.3 is 10.4 Å². The Bertz CT molecular complexity index is 385. The third kappa shape index (κ3) is 1.38. The minimum Gasteiger partial charge on any atom is -0.477 e. The van der Waals surface area contributed by atoms with Crippen LogP contribution in [0.25, 0.3) is 6.08 Å². The van der Waals surface area contributed by atoms with Gasteiger partial charge in [-0.25, -0.2) is 9.78 Å². The number of carboxylic acid groups (broad SMARTS) is 1. The maximum Gasteiger partial charge on any atom is 0.354 e. The van der Waals surface area contributed by atoms with E-state index in [9.17, 15) is 4.79 Å². The van der Waals surface area contributed by atoms with E-state index in [0.717, 1.165) is 11.3 Å². The highest BCUT2D eigenvalue weighted by molar-refractivity contribution is 5.85. The lowest BCUT2D eigenvalue weighted by Crippen LogP contribution is -2.13. The minimum absolute atomic E-state index is 0.0882. The van der Waals surface area contributed by atoms with Gasteiger partial charge in [0.1, 0.15) is 5.69 Å². The summed E-state index contributed by atoms with van der Waals surface area (Å²) in [4.78, 5) is 14.6. The second-order valence-electron chi connectivity index (χ2n) is 2.76. The molecule has 0 spiro atoms. The fourth-order valence-corrected chi connectivity index (χ4v) is 1.22. The van der Waals surface area contributed by atoms with Gasteiger partial charge in [-0.15, -0.1) is 0 Å². The SMILES string of the molecule is O=C(O)c1ccc2c(n1)C=CNC2. The maximum absolute atomic E-state index is 10.6. The third-order valence-electron chi connectivity index (χ3n) is 1.88. The smallest absolute Gasteiger partial charge is 0.354 e. The van der Waals surface area contributed by atoms with E-state index in [4.69, 9.17) is 5.11 Å². The molecular weight excluding hydrogens is 168 g/mol. The lowest BCUT2D eigenvalue weighted by molar-refractivity contribution is 0.0690. The molecule has 0 unspecified atom stereocenters. The van der Waals surface area contributed by atoms with E-state index in [2.05, 4.69) is 10.3 Å². The molecule has 0 saturated heterocycles. The quantitative estimate of drug-likeness (QED) is 0.666. The summed E-state index contributed by atoms with van der Waals surface area (Å²) in [5.41, 5.74) is 1.84. The number of aromatic carboxylic acids is 1. The zero-order valence-electron chi connectivity index (χ0n) is 6.82. The number of fused-ring (bicyclic) bond motifs is 1. The zero-order chi connectivity index (χ0) is 9.26.